The van der Waals surface area contributed by atoms with E-state index in [0.29, 0.717) is 25.7 Å². The van der Waals surface area contributed by atoms with Crippen molar-refractivity contribution < 1.29 is 39.2 Å². The van der Waals surface area contributed by atoms with Crippen molar-refractivity contribution in [3.05, 3.63) is 12.2 Å². The summed E-state index contributed by atoms with van der Waals surface area (Å²) in [6, 6.07) is 0. The Labute approximate surface area is 318 Å². The Hall–Kier alpha value is -1.77. The first kappa shape index (κ1) is 48.2. The topological polar surface area (TPSA) is 130 Å². The van der Waals surface area contributed by atoms with E-state index in [1.807, 2.05) is 6.08 Å². The van der Waals surface area contributed by atoms with Gasteiger partial charge in [-0.05, 0) is 31.6 Å². The van der Waals surface area contributed by atoms with Crippen molar-refractivity contribution in [2.75, 3.05) is 13.2 Å². The van der Waals surface area contributed by atoms with Crippen LogP contribution in [0.1, 0.15) is 201 Å². The minimum absolute atomic E-state index is 0.0840. The first-order valence-electron chi connectivity index (χ1n) is 21.7. The van der Waals surface area contributed by atoms with Crippen LogP contribution in [0.2, 0.25) is 0 Å². The second kappa shape index (κ2) is 32.6. The maximum absolute atomic E-state index is 12.5. The molecule has 304 valence electrons. The molecule has 8 nitrogen and oxygen atoms in total. The van der Waals surface area contributed by atoms with Crippen molar-refractivity contribution in [3.63, 3.8) is 0 Å². The molecule has 0 saturated heterocycles. The van der Waals surface area contributed by atoms with Crippen LogP contribution >= 0.6 is 0 Å². The molecule has 1 saturated carbocycles. The van der Waals surface area contributed by atoms with Gasteiger partial charge in [-0.25, -0.2) is 0 Å². The maximum Gasteiger partial charge on any atom is 0.305 e. The number of aliphatic hydroxyl groups is 3. The number of carbonyl (C=O) groups excluding carboxylic acids is 3. The van der Waals surface area contributed by atoms with Gasteiger partial charge in [0.05, 0.1) is 12.2 Å². The Morgan fingerprint density at radius 2 is 1.12 bits per heavy atom. The molecule has 1 fully saturated rings. The number of Topliss-reactive ketones (excluding diaryl/α,β-unsaturated/α-hetero) is 1. The van der Waals surface area contributed by atoms with E-state index in [9.17, 15) is 29.7 Å². The minimum Gasteiger partial charge on any atom is -0.463 e. The molecule has 0 radical (unpaired) electrons. The smallest absolute Gasteiger partial charge is 0.305 e. The molecule has 0 unspecified atom stereocenters. The zero-order valence-corrected chi connectivity index (χ0v) is 33.7. The van der Waals surface area contributed by atoms with Crippen LogP contribution in [-0.4, -0.2) is 64.6 Å². The molecular weight excluding hydrogens is 656 g/mol. The van der Waals surface area contributed by atoms with Crippen molar-refractivity contribution >= 4 is 17.7 Å². The first-order valence-corrected chi connectivity index (χ1v) is 21.7. The highest BCUT2D eigenvalue weighted by atomic mass is 16.6. The Morgan fingerprint density at radius 1 is 0.673 bits per heavy atom. The monoisotopic (exact) mass is 737 g/mol. The molecule has 0 aromatic carbocycles. The number of ether oxygens (including phenoxy) is 2. The van der Waals surface area contributed by atoms with Gasteiger partial charge in [0.2, 0.25) is 0 Å². The van der Waals surface area contributed by atoms with E-state index < -0.39 is 18.3 Å². The lowest BCUT2D eigenvalue weighted by atomic mass is 9.88. The average Bonchev–Trinajstić information content (AvgIpc) is 3.38. The minimum atomic E-state index is -1.04. The molecule has 8 heteroatoms. The van der Waals surface area contributed by atoms with E-state index in [2.05, 4.69) is 20.8 Å². The quantitative estimate of drug-likeness (QED) is 0.0333. The zero-order chi connectivity index (χ0) is 38.2. The molecular formula is C44H80O8. The lowest BCUT2D eigenvalue weighted by Gasteiger charge is -2.18. The van der Waals surface area contributed by atoms with Gasteiger partial charge in [0.25, 0.3) is 0 Å². The average molecular weight is 737 g/mol. The predicted octanol–water partition coefficient (Wildman–Crippen LogP) is 10.1. The van der Waals surface area contributed by atoms with E-state index in [-0.39, 0.29) is 55.6 Å². The van der Waals surface area contributed by atoms with E-state index >= 15 is 0 Å². The molecule has 0 spiro atoms. The number of aliphatic hydroxyl groups excluding tert-OH is 3. The highest BCUT2D eigenvalue weighted by Gasteiger charge is 2.39. The molecule has 52 heavy (non-hydrogen) atoms. The molecule has 0 bridgehead atoms. The van der Waals surface area contributed by atoms with Gasteiger partial charge in [-0.2, -0.15) is 0 Å². The zero-order valence-electron chi connectivity index (χ0n) is 33.7. The lowest BCUT2D eigenvalue weighted by Crippen LogP contribution is -2.25. The molecule has 1 rings (SSSR count). The number of rotatable bonds is 35. The summed E-state index contributed by atoms with van der Waals surface area (Å²) in [6.07, 6.45) is 30.3. The van der Waals surface area contributed by atoms with E-state index in [4.69, 9.17) is 9.47 Å². The predicted molar refractivity (Wildman–Crippen MR) is 211 cm³/mol. The van der Waals surface area contributed by atoms with Crippen LogP contribution in [0.4, 0.5) is 0 Å². The van der Waals surface area contributed by atoms with E-state index in [0.717, 1.165) is 63.7 Å². The molecule has 0 aliphatic heterocycles. The summed E-state index contributed by atoms with van der Waals surface area (Å²) in [7, 11) is 0. The highest BCUT2D eigenvalue weighted by Crippen LogP contribution is 2.34. The summed E-state index contributed by atoms with van der Waals surface area (Å²) in [4.78, 5) is 36.6. The Kier molecular flexibility index (Phi) is 30.3. The number of ketones is 1. The first-order chi connectivity index (χ1) is 25.1. The fraction of sp³-hybridized carbons (Fsp3) is 0.886. The second-order valence-corrected chi connectivity index (χ2v) is 16.1. The Bertz CT molecular complexity index is 918. The molecule has 1 aliphatic rings. The standard InChI is InChI=1S/C44H80O8/c1-4-5-21-27-37(45)31-32-40-39(41(47)33-42(40)48)28-23-19-20-25-30-44(50)52-35-38(46)34-51-43(49)29-24-18-16-14-12-10-8-6-7-9-11-13-15-17-22-26-36(2)3/h31-32,36-40,42,45-46,48H,4-30,33-35H2,1-3H3/b32-31+/t37-,38-,39+,40+,42+/m0/s1. The second-order valence-electron chi connectivity index (χ2n) is 16.1. The molecule has 0 heterocycles. The van der Waals surface area contributed by atoms with Gasteiger partial charge in [-0.3, -0.25) is 14.4 Å². The number of hydrogen-bond acceptors (Lipinski definition) is 8. The largest absolute Gasteiger partial charge is 0.463 e. The molecule has 0 aromatic rings. The summed E-state index contributed by atoms with van der Waals surface area (Å²) in [5, 5.41) is 30.7. The van der Waals surface area contributed by atoms with Gasteiger partial charge in [0, 0.05) is 31.1 Å². The molecule has 5 atom stereocenters. The number of hydrogen-bond donors (Lipinski definition) is 3. The summed E-state index contributed by atoms with van der Waals surface area (Å²) >= 11 is 0. The molecule has 3 N–H and O–H groups in total. The van der Waals surface area contributed by atoms with Crippen LogP contribution in [0.25, 0.3) is 0 Å². The normalized spacial score (nSPS) is 18.8. The Balaban J connectivity index is 1.96. The fourth-order valence-electron chi connectivity index (χ4n) is 7.23. The maximum atomic E-state index is 12.5. The van der Waals surface area contributed by atoms with Gasteiger partial charge < -0.3 is 24.8 Å². The van der Waals surface area contributed by atoms with Crippen LogP contribution in [0, 0.1) is 17.8 Å². The summed E-state index contributed by atoms with van der Waals surface area (Å²) in [5.74, 6) is -0.256. The number of unbranched alkanes of at least 4 members (excludes halogenated alkanes) is 19. The summed E-state index contributed by atoms with van der Waals surface area (Å²) in [6.45, 7) is 6.37. The van der Waals surface area contributed by atoms with Crippen LogP contribution < -0.4 is 0 Å². The molecule has 0 amide bonds. The lowest BCUT2D eigenvalue weighted by molar-refractivity contribution is -0.152. The Morgan fingerprint density at radius 3 is 1.60 bits per heavy atom. The van der Waals surface area contributed by atoms with Crippen molar-refractivity contribution in [1.82, 2.24) is 0 Å². The van der Waals surface area contributed by atoms with Gasteiger partial charge in [-0.1, -0.05) is 168 Å². The van der Waals surface area contributed by atoms with Crippen molar-refractivity contribution in [1.29, 1.82) is 0 Å². The summed E-state index contributed by atoms with van der Waals surface area (Å²) < 4.78 is 10.3. The van der Waals surface area contributed by atoms with Gasteiger partial charge in [0.15, 0.2) is 0 Å². The van der Waals surface area contributed by atoms with Crippen molar-refractivity contribution in [2.24, 2.45) is 17.8 Å². The van der Waals surface area contributed by atoms with Crippen LogP contribution in [0.15, 0.2) is 12.2 Å². The van der Waals surface area contributed by atoms with E-state index in [1.165, 1.54) is 83.5 Å². The van der Waals surface area contributed by atoms with Crippen LogP contribution in [0.5, 0.6) is 0 Å². The van der Waals surface area contributed by atoms with Crippen molar-refractivity contribution in [2.45, 2.75) is 219 Å². The highest BCUT2D eigenvalue weighted by molar-refractivity contribution is 5.84. The van der Waals surface area contributed by atoms with Crippen LogP contribution in [0.3, 0.4) is 0 Å². The summed E-state index contributed by atoms with van der Waals surface area (Å²) in [5.41, 5.74) is 0. The fourth-order valence-corrected chi connectivity index (χ4v) is 7.23. The third-order valence-electron chi connectivity index (χ3n) is 10.6. The van der Waals surface area contributed by atoms with Gasteiger partial charge in [0.1, 0.15) is 25.1 Å². The molecule has 0 aromatic heterocycles. The third kappa shape index (κ3) is 26.9. The van der Waals surface area contributed by atoms with Crippen molar-refractivity contribution in [3.8, 4) is 0 Å². The van der Waals surface area contributed by atoms with E-state index in [1.54, 1.807) is 6.08 Å². The number of esters is 2. The third-order valence-corrected chi connectivity index (χ3v) is 10.6. The number of carbonyl (C=O) groups is 3. The van der Waals surface area contributed by atoms with Gasteiger partial charge >= 0.3 is 11.9 Å². The van der Waals surface area contributed by atoms with Crippen LogP contribution in [-0.2, 0) is 23.9 Å². The van der Waals surface area contributed by atoms with Gasteiger partial charge in [-0.15, -0.1) is 0 Å². The SMILES string of the molecule is CCCCC[C@H](O)/C=C/[C@H]1[C@H](O)CC(=O)[C@@H]1CCCCCCC(=O)OC[C@@H](O)COC(=O)CCCCCCCCCCCCCCCCCC(C)C. The molecule has 1 aliphatic carbocycles.